The van der Waals surface area contributed by atoms with E-state index >= 15 is 0 Å². The molecule has 9 aromatic carbocycles. The zero-order valence-electron chi connectivity index (χ0n) is 24.3. The third-order valence-corrected chi connectivity index (χ3v) is 11.8. The lowest BCUT2D eigenvalue weighted by atomic mass is 9.94. The highest BCUT2D eigenvalue weighted by molar-refractivity contribution is 7.80. The van der Waals surface area contributed by atoms with Crippen LogP contribution >= 0.6 is 7.92 Å². The second kappa shape index (κ2) is 9.79. The quantitative estimate of drug-likeness (QED) is 0.102. The minimum absolute atomic E-state index is 0.00721. The molecule has 0 nitrogen and oxygen atoms in total. The summed E-state index contributed by atoms with van der Waals surface area (Å²) < 4.78 is 85.8. The van der Waals surface area contributed by atoms with E-state index in [0.29, 0.717) is 10.6 Å². The number of halogens is 6. The number of hydrogen-bond acceptors (Lipinski definition) is 0. The molecule has 0 atom stereocenters. The molecule has 0 saturated carbocycles. The van der Waals surface area contributed by atoms with Crippen LogP contribution in [0.5, 0.6) is 0 Å². The third-order valence-electron chi connectivity index (χ3n) is 9.32. The molecule has 0 radical (unpaired) electrons. The molecule has 0 fully saturated rings. The van der Waals surface area contributed by atoms with Gasteiger partial charge in [-0.25, -0.2) is 0 Å². The van der Waals surface area contributed by atoms with Gasteiger partial charge in [-0.3, -0.25) is 0 Å². The van der Waals surface area contributed by atoms with E-state index in [1.807, 2.05) is 109 Å². The summed E-state index contributed by atoms with van der Waals surface area (Å²) in [6, 6.07) is 37.7. The molecule has 9 aromatic rings. The van der Waals surface area contributed by atoms with Crippen LogP contribution in [0.1, 0.15) is 11.1 Å². The van der Waals surface area contributed by atoms with Crippen molar-refractivity contribution in [3.05, 3.63) is 139 Å². The van der Waals surface area contributed by atoms with Crippen molar-refractivity contribution in [2.24, 2.45) is 0 Å². The van der Waals surface area contributed by atoms with Gasteiger partial charge in [-0.2, -0.15) is 26.3 Å². The predicted molar refractivity (Wildman–Crippen MR) is 183 cm³/mol. The van der Waals surface area contributed by atoms with Gasteiger partial charge < -0.3 is 0 Å². The van der Waals surface area contributed by atoms with Crippen LogP contribution in [-0.2, 0) is 12.4 Å². The lowest BCUT2D eigenvalue weighted by Crippen LogP contribution is -2.25. The van der Waals surface area contributed by atoms with E-state index in [2.05, 4.69) is 0 Å². The van der Waals surface area contributed by atoms with Gasteiger partial charge in [0.25, 0.3) is 0 Å². The van der Waals surface area contributed by atoms with Crippen molar-refractivity contribution in [3.8, 4) is 0 Å². The maximum absolute atomic E-state index is 14.3. The smallest absolute Gasteiger partial charge is 0.166 e. The molecule has 0 bridgehead atoms. The van der Waals surface area contributed by atoms with Gasteiger partial charge in [0.2, 0.25) is 0 Å². The molecule has 0 spiro atoms. The fourth-order valence-electron chi connectivity index (χ4n) is 7.31. The molecule has 0 aliphatic carbocycles. The summed E-state index contributed by atoms with van der Waals surface area (Å²) in [6.45, 7) is 0. The van der Waals surface area contributed by atoms with Gasteiger partial charge in [0.1, 0.15) is 0 Å². The fourth-order valence-corrected chi connectivity index (χ4v) is 9.96. The van der Waals surface area contributed by atoms with Crippen LogP contribution in [0.2, 0.25) is 0 Å². The van der Waals surface area contributed by atoms with Crippen molar-refractivity contribution in [2.75, 3.05) is 0 Å². The van der Waals surface area contributed by atoms with E-state index in [1.54, 1.807) is 0 Å². The first-order valence-electron chi connectivity index (χ1n) is 15.0. The number of alkyl halides is 6. The number of benzene rings is 9. The molecule has 0 heterocycles. The highest BCUT2D eigenvalue weighted by Gasteiger charge is 2.38. The van der Waals surface area contributed by atoms with E-state index in [1.165, 1.54) is 0 Å². The Hall–Kier alpha value is -4.93. The van der Waals surface area contributed by atoms with Gasteiger partial charge in [0, 0.05) is 0 Å². The van der Waals surface area contributed by atoms with Gasteiger partial charge in [0.05, 0.1) is 11.1 Å². The van der Waals surface area contributed by atoms with Crippen molar-refractivity contribution in [2.45, 2.75) is 12.4 Å². The molecule has 228 valence electrons. The molecule has 0 aliphatic rings. The molecule has 0 aromatic heterocycles. The minimum atomic E-state index is -4.97. The van der Waals surface area contributed by atoms with E-state index in [0.717, 1.165) is 76.8 Å². The van der Waals surface area contributed by atoms with E-state index in [4.69, 9.17) is 0 Å². The number of hydrogen-bond donors (Lipinski definition) is 0. The maximum Gasteiger partial charge on any atom is 0.416 e. The first kappa shape index (κ1) is 28.3. The van der Waals surface area contributed by atoms with Crippen LogP contribution in [0.15, 0.2) is 127 Å². The highest BCUT2D eigenvalue weighted by atomic mass is 31.1. The molecule has 9 rings (SSSR count). The summed E-state index contributed by atoms with van der Waals surface area (Å²) in [5.74, 6) is 0. The van der Waals surface area contributed by atoms with E-state index in [9.17, 15) is 26.3 Å². The molecule has 7 heteroatoms. The summed E-state index contributed by atoms with van der Waals surface area (Å²) >= 11 is 0. The highest BCUT2D eigenvalue weighted by Crippen LogP contribution is 2.46. The van der Waals surface area contributed by atoms with Crippen LogP contribution in [0, 0.1) is 0 Å². The predicted octanol–water partition coefficient (Wildman–Crippen LogP) is 11.3. The SMILES string of the molecule is FC(F)(F)c1cc(P(c2ccc3ccc4cccc5ccc2c3c45)c2ccc3ccc4cccc5ccc2c3c45)cc(C(F)(F)F)c1. The third kappa shape index (κ3) is 4.28. The summed E-state index contributed by atoms with van der Waals surface area (Å²) in [4.78, 5) is 0. The standard InChI is InChI=1S/C40H21F6P/c41-39(42,43)28-19-29(40(44,45)46)21-30(20-28)47(33-17-13-26-9-7-22-3-1-5-24-11-15-31(33)37(26)35(22)24)34-18-14-27-10-8-23-4-2-6-25-12-16-32(34)38(27)36(23)25/h1-21H. The average molecular weight is 647 g/mol. The lowest BCUT2D eigenvalue weighted by Gasteiger charge is -2.26. The van der Waals surface area contributed by atoms with Crippen molar-refractivity contribution in [3.63, 3.8) is 0 Å². The topological polar surface area (TPSA) is 0 Å². The van der Waals surface area contributed by atoms with Crippen LogP contribution in [0.4, 0.5) is 26.3 Å². The molecular formula is C40H21F6P. The average Bonchev–Trinajstić information content (AvgIpc) is 3.06. The molecule has 0 N–H and O–H groups in total. The first-order valence-corrected chi connectivity index (χ1v) is 16.3. The second-order valence-corrected chi connectivity index (χ2v) is 14.1. The zero-order valence-corrected chi connectivity index (χ0v) is 25.2. The van der Waals surface area contributed by atoms with Gasteiger partial charge in [-0.05, 0) is 107 Å². The van der Waals surface area contributed by atoms with Crippen LogP contribution in [0.3, 0.4) is 0 Å². The van der Waals surface area contributed by atoms with E-state index < -0.39 is 31.4 Å². The van der Waals surface area contributed by atoms with Gasteiger partial charge in [0.15, 0.2) is 0 Å². The molecular weight excluding hydrogens is 625 g/mol. The van der Waals surface area contributed by atoms with Crippen molar-refractivity contribution in [1.29, 1.82) is 0 Å². The second-order valence-electron chi connectivity index (χ2n) is 12.0. The monoisotopic (exact) mass is 646 g/mol. The molecule has 0 saturated heterocycles. The number of rotatable bonds is 3. The van der Waals surface area contributed by atoms with Crippen LogP contribution in [-0.4, -0.2) is 0 Å². The zero-order chi connectivity index (χ0) is 32.2. The van der Waals surface area contributed by atoms with Crippen molar-refractivity contribution >= 4 is 88.5 Å². The summed E-state index contributed by atoms with van der Waals surface area (Å²) in [7, 11) is -1.93. The van der Waals surface area contributed by atoms with E-state index in [-0.39, 0.29) is 11.4 Å². The van der Waals surface area contributed by atoms with Crippen molar-refractivity contribution < 1.29 is 26.3 Å². The molecule has 0 aliphatic heterocycles. The summed E-state index contributed by atoms with van der Waals surface area (Å²) in [5, 5.41) is 13.0. The Morgan fingerprint density at radius 1 is 0.362 bits per heavy atom. The molecule has 47 heavy (non-hydrogen) atoms. The Kier molecular flexibility index (Phi) is 5.90. The van der Waals surface area contributed by atoms with Gasteiger partial charge in [-0.1, -0.05) is 109 Å². The Morgan fingerprint density at radius 3 is 1.09 bits per heavy atom. The first-order chi connectivity index (χ1) is 22.6. The normalized spacial score (nSPS) is 13.1. The summed E-state index contributed by atoms with van der Waals surface area (Å²) in [5.41, 5.74) is -2.63. The van der Waals surface area contributed by atoms with Crippen LogP contribution < -0.4 is 15.9 Å². The minimum Gasteiger partial charge on any atom is -0.166 e. The Bertz CT molecular complexity index is 2460. The summed E-state index contributed by atoms with van der Waals surface area (Å²) in [6.07, 6.45) is -9.94. The van der Waals surface area contributed by atoms with Crippen LogP contribution in [0.25, 0.3) is 64.6 Å². The lowest BCUT2D eigenvalue weighted by molar-refractivity contribution is -0.142. The van der Waals surface area contributed by atoms with Gasteiger partial charge >= 0.3 is 12.4 Å². The Morgan fingerprint density at radius 2 is 0.702 bits per heavy atom. The fraction of sp³-hybridized carbons (Fsp3) is 0.0500. The van der Waals surface area contributed by atoms with Gasteiger partial charge in [-0.15, -0.1) is 0 Å². The Balaban J connectivity index is 1.44. The molecule has 0 unspecified atom stereocenters. The molecule has 0 amide bonds. The Labute approximate surface area is 265 Å². The largest absolute Gasteiger partial charge is 0.416 e. The maximum atomic E-state index is 14.3. The van der Waals surface area contributed by atoms with Crippen molar-refractivity contribution in [1.82, 2.24) is 0 Å².